The summed E-state index contributed by atoms with van der Waals surface area (Å²) in [6.07, 6.45) is 0.121. The molecule has 0 aliphatic carbocycles. The number of para-hydroxylation sites is 1. The maximum absolute atomic E-state index is 12.6. The summed E-state index contributed by atoms with van der Waals surface area (Å²) in [5.74, 6) is -1.07. The average Bonchev–Trinajstić information content (AvgIpc) is 3.20. The van der Waals surface area contributed by atoms with Gasteiger partial charge in [-0.3, -0.25) is 9.59 Å². The van der Waals surface area contributed by atoms with Crippen LogP contribution in [0.5, 0.6) is 5.75 Å². The molecule has 0 N–H and O–H groups in total. The Morgan fingerprint density at radius 1 is 0.969 bits per heavy atom. The summed E-state index contributed by atoms with van der Waals surface area (Å²) in [5, 5.41) is 0. The summed E-state index contributed by atoms with van der Waals surface area (Å²) in [5.41, 5.74) is 2.91. The molecule has 1 amide bonds. The van der Waals surface area contributed by atoms with E-state index in [9.17, 15) is 14.4 Å². The summed E-state index contributed by atoms with van der Waals surface area (Å²) in [6, 6.07) is 23.2. The number of nitrogens with zero attached hydrogens (tertiary/aromatic N) is 1. The molecule has 32 heavy (non-hydrogen) atoms. The number of esters is 2. The monoisotopic (exact) mass is 429 g/mol. The van der Waals surface area contributed by atoms with Gasteiger partial charge in [0.1, 0.15) is 12.4 Å². The van der Waals surface area contributed by atoms with Crippen LogP contribution in [0.1, 0.15) is 27.9 Å². The first-order chi connectivity index (χ1) is 15.5. The van der Waals surface area contributed by atoms with E-state index >= 15 is 0 Å². The third-order valence-corrected chi connectivity index (χ3v) is 5.30. The number of carbonyl (C=O) groups is 3. The van der Waals surface area contributed by atoms with Gasteiger partial charge in [-0.15, -0.1) is 0 Å². The predicted octanol–water partition coefficient (Wildman–Crippen LogP) is 4.31. The standard InChI is InChI=1S/C26H23NO5/c1-18-10-12-22(13-11-18)27-16-21(15-24(27)28)25(29)31-17-19-6-5-7-20(14-19)26(30)32-23-8-3-2-4-9-23/h2-14,21H,15-17H2,1H3. The highest BCUT2D eigenvalue weighted by atomic mass is 16.5. The Morgan fingerprint density at radius 2 is 1.72 bits per heavy atom. The second-order valence-corrected chi connectivity index (χ2v) is 7.75. The van der Waals surface area contributed by atoms with Crippen molar-refractivity contribution in [2.24, 2.45) is 5.92 Å². The van der Waals surface area contributed by atoms with E-state index in [0.29, 0.717) is 23.4 Å². The van der Waals surface area contributed by atoms with Crippen LogP contribution in [-0.2, 0) is 20.9 Å². The SMILES string of the molecule is Cc1ccc(N2CC(C(=O)OCc3cccc(C(=O)Oc4ccccc4)c3)CC2=O)cc1. The molecule has 162 valence electrons. The lowest BCUT2D eigenvalue weighted by Gasteiger charge is -2.16. The van der Waals surface area contributed by atoms with Crippen LogP contribution in [0.3, 0.4) is 0 Å². The highest BCUT2D eigenvalue weighted by Gasteiger charge is 2.36. The molecule has 0 aromatic heterocycles. The number of anilines is 1. The van der Waals surface area contributed by atoms with E-state index in [1.54, 1.807) is 53.4 Å². The Labute approximate surface area is 186 Å². The van der Waals surface area contributed by atoms with Gasteiger partial charge >= 0.3 is 11.9 Å². The molecule has 0 spiro atoms. The zero-order chi connectivity index (χ0) is 22.5. The third kappa shape index (κ3) is 5.03. The molecule has 0 saturated carbocycles. The molecular formula is C26H23NO5. The lowest BCUT2D eigenvalue weighted by molar-refractivity contribution is -0.149. The van der Waals surface area contributed by atoms with E-state index in [4.69, 9.17) is 9.47 Å². The van der Waals surface area contributed by atoms with E-state index in [0.717, 1.165) is 11.3 Å². The molecule has 3 aromatic rings. The van der Waals surface area contributed by atoms with Crippen molar-refractivity contribution in [2.45, 2.75) is 20.0 Å². The number of benzene rings is 3. The lowest BCUT2D eigenvalue weighted by atomic mass is 10.1. The minimum absolute atomic E-state index is 0.0144. The van der Waals surface area contributed by atoms with Crippen LogP contribution < -0.4 is 9.64 Å². The van der Waals surface area contributed by atoms with Crippen molar-refractivity contribution in [3.05, 3.63) is 95.6 Å². The summed E-state index contributed by atoms with van der Waals surface area (Å²) in [6.45, 7) is 2.29. The first-order valence-corrected chi connectivity index (χ1v) is 10.4. The number of amides is 1. The molecule has 6 heteroatoms. The summed E-state index contributed by atoms with van der Waals surface area (Å²) < 4.78 is 10.8. The van der Waals surface area contributed by atoms with E-state index < -0.39 is 17.9 Å². The van der Waals surface area contributed by atoms with E-state index in [-0.39, 0.29) is 18.9 Å². The third-order valence-electron chi connectivity index (χ3n) is 5.30. The zero-order valence-electron chi connectivity index (χ0n) is 17.7. The van der Waals surface area contributed by atoms with Crippen molar-refractivity contribution in [1.82, 2.24) is 0 Å². The Kier molecular flexibility index (Phi) is 6.31. The van der Waals surface area contributed by atoms with Gasteiger partial charge in [0.15, 0.2) is 0 Å². The average molecular weight is 429 g/mol. The Morgan fingerprint density at radius 3 is 2.47 bits per heavy atom. The molecule has 6 nitrogen and oxygen atoms in total. The zero-order valence-corrected chi connectivity index (χ0v) is 17.7. The molecule has 1 heterocycles. The van der Waals surface area contributed by atoms with Crippen molar-refractivity contribution in [2.75, 3.05) is 11.4 Å². The summed E-state index contributed by atoms with van der Waals surface area (Å²) in [7, 11) is 0. The maximum Gasteiger partial charge on any atom is 0.343 e. The minimum Gasteiger partial charge on any atom is -0.461 e. The quantitative estimate of drug-likeness (QED) is 0.431. The molecule has 1 atom stereocenters. The molecule has 0 bridgehead atoms. The maximum atomic E-state index is 12.6. The van der Waals surface area contributed by atoms with Crippen LogP contribution >= 0.6 is 0 Å². The van der Waals surface area contributed by atoms with Crippen LogP contribution in [0.2, 0.25) is 0 Å². The van der Waals surface area contributed by atoms with E-state index in [2.05, 4.69) is 0 Å². The smallest absolute Gasteiger partial charge is 0.343 e. The first kappa shape index (κ1) is 21.3. The van der Waals surface area contributed by atoms with Crippen LogP contribution in [0.25, 0.3) is 0 Å². The molecule has 4 rings (SSSR count). The van der Waals surface area contributed by atoms with E-state index in [1.165, 1.54) is 0 Å². The number of ether oxygens (including phenoxy) is 2. The molecule has 3 aromatic carbocycles. The van der Waals surface area contributed by atoms with Crippen molar-refractivity contribution in [3.8, 4) is 5.75 Å². The van der Waals surface area contributed by atoms with Gasteiger partial charge < -0.3 is 14.4 Å². The molecule has 1 aliphatic rings. The van der Waals surface area contributed by atoms with Gasteiger partial charge in [0.2, 0.25) is 5.91 Å². The van der Waals surface area contributed by atoms with Crippen molar-refractivity contribution < 1.29 is 23.9 Å². The minimum atomic E-state index is -0.518. The largest absolute Gasteiger partial charge is 0.461 e. The van der Waals surface area contributed by atoms with Crippen molar-refractivity contribution in [3.63, 3.8) is 0 Å². The second-order valence-electron chi connectivity index (χ2n) is 7.75. The van der Waals surface area contributed by atoms with Gasteiger partial charge in [0.25, 0.3) is 0 Å². The highest BCUT2D eigenvalue weighted by Crippen LogP contribution is 2.26. The topological polar surface area (TPSA) is 72.9 Å². The van der Waals surface area contributed by atoms with Crippen molar-refractivity contribution in [1.29, 1.82) is 0 Å². The number of hydrogen-bond donors (Lipinski definition) is 0. The number of carbonyl (C=O) groups excluding carboxylic acids is 3. The summed E-state index contributed by atoms with van der Waals surface area (Å²) in [4.78, 5) is 38.9. The van der Waals surface area contributed by atoms with Gasteiger partial charge in [0.05, 0.1) is 11.5 Å². The fourth-order valence-corrected chi connectivity index (χ4v) is 3.55. The van der Waals surface area contributed by atoms with Crippen molar-refractivity contribution >= 4 is 23.5 Å². The number of hydrogen-bond acceptors (Lipinski definition) is 5. The van der Waals surface area contributed by atoms with Gasteiger partial charge in [-0.25, -0.2) is 4.79 Å². The Balaban J connectivity index is 1.34. The number of rotatable bonds is 6. The second kappa shape index (κ2) is 9.47. The van der Waals surface area contributed by atoms with Crippen LogP contribution in [0.15, 0.2) is 78.9 Å². The highest BCUT2D eigenvalue weighted by molar-refractivity contribution is 5.99. The van der Waals surface area contributed by atoms with Gasteiger partial charge in [-0.1, -0.05) is 48.0 Å². The Bertz CT molecular complexity index is 1120. The predicted molar refractivity (Wildman–Crippen MR) is 119 cm³/mol. The van der Waals surface area contributed by atoms with Crippen LogP contribution in [-0.4, -0.2) is 24.4 Å². The van der Waals surface area contributed by atoms with E-state index in [1.807, 2.05) is 37.3 Å². The Hall–Kier alpha value is -3.93. The van der Waals surface area contributed by atoms with Gasteiger partial charge in [-0.05, 0) is 48.9 Å². The fourth-order valence-electron chi connectivity index (χ4n) is 3.55. The van der Waals surface area contributed by atoms with Gasteiger partial charge in [0, 0.05) is 18.7 Å². The molecule has 1 aliphatic heterocycles. The number of aryl methyl sites for hydroxylation is 1. The normalized spacial score (nSPS) is 15.5. The molecule has 1 saturated heterocycles. The van der Waals surface area contributed by atoms with Crippen LogP contribution in [0, 0.1) is 12.8 Å². The molecular weight excluding hydrogens is 406 g/mol. The molecule has 1 fully saturated rings. The molecule has 0 radical (unpaired) electrons. The molecule has 1 unspecified atom stereocenters. The van der Waals surface area contributed by atoms with Crippen LogP contribution in [0.4, 0.5) is 5.69 Å². The summed E-state index contributed by atoms with van der Waals surface area (Å²) >= 11 is 0. The fraction of sp³-hybridized carbons (Fsp3) is 0.192. The lowest BCUT2D eigenvalue weighted by Crippen LogP contribution is -2.26. The first-order valence-electron chi connectivity index (χ1n) is 10.4. The van der Waals surface area contributed by atoms with Gasteiger partial charge in [-0.2, -0.15) is 0 Å².